The maximum absolute atomic E-state index is 12.0. The van der Waals surface area contributed by atoms with Crippen LogP contribution >= 0.6 is 0 Å². The van der Waals surface area contributed by atoms with E-state index < -0.39 is 29.2 Å². The zero-order valence-electron chi connectivity index (χ0n) is 12.1. The van der Waals surface area contributed by atoms with Gasteiger partial charge in [-0.05, 0) is 40.0 Å². The van der Waals surface area contributed by atoms with Crippen LogP contribution in [0.1, 0.15) is 40.0 Å². The molecule has 112 valence electrons. The summed E-state index contributed by atoms with van der Waals surface area (Å²) in [5.74, 6) is -1.63. The van der Waals surface area contributed by atoms with Gasteiger partial charge in [0.2, 0.25) is 5.54 Å². The highest BCUT2D eigenvalue weighted by Gasteiger charge is 2.45. The SMILES string of the molecule is COC(=O)[C@@](N)(CCCC(N)N)C(=O)OC(C)(C)C. The van der Waals surface area contributed by atoms with Crippen LogP contribution in [0.3, 0.4) is 0 Å². The minimum absolute atomic E-state index is 0.0689. The second kappa shape index (κ2) is 6.83. The van der Waals surface area contributed by atoms with E-state index in [-0.39, 0.29) is 6.42 Å². The lowest BCUT2D eigenvalue weighted by atomic mass is 9.93. The van der Waals surface area contributed by atoms with Gasteiger partial charge in [-0.2, -0.15) is 0 Å². The van der Waals surface area contributed by atoms with Crippen molar-refractivity contribution < 1.29 is 19.1 Å². The number of rotatable bonds is 6. The molecule has 0 bridgehead atoms. The smallest absolute Gasteiger partial charge is 0.338 e. The number of esters is 2. The van der Waals surface area contributed by atoms with E-state index in [2.05, 4.69) is 4.74 Å². The Morgan fingerprint density at radius 2 is 1.68 bits per heavy atom. The fourth-order valence-electron chi connectivity index (χ4n) is 1.46. The Bertz CT molecular complexity index is 325. The van der Waals surface area contributed by atoms with Crippen molar-refractivity contribution >= 4 is 11.9 Å². The van der Waals surface area contributed by atoms with Crippen LogP contribution in [0, 0.1) is 0 Å². The van der Waals surface area contributed by atoms with Crippen molar-refractivity contribution in [2.45, 2.75) is 57.3 Å². The Labute approximate surface area is 113 Å². The van der Waals surface area contributed by atoms with Gasteiger partial charge in [-0.1, -0.05) is 0 Å². The number of hydrogen-bond donors (Lipinski definition) is 3. The van der Waals surface area contributed by atoms with E-state index in [9.17, 15) is 9.59 Å². The Balaban J connectivity index is 4.87. The highest BCUT2D eigenvalue weighted by molar-refractivity contribution is 6.04. The molecule has 6 N–H and O–H groups in total. The molecule has 0 radical (unpaired) electrons. The minimum atomic E-state index is -1.82. The molecule has 0 amide bonds. The molecule has 0 aliphatic rings. The summed E-state index contributed by atoms with van der Waals surface area (Å²) < 4.78 is 9.74. The molecule has 0 saturated carbocycles. The zero-order chi connectivity index (χ0) is 15.3. The summed E-state index contributed by atoms with van der Waals surface area (Å²) in [6, 6.07) is 0. The van der Waals surface area contributed by atoms with Gasteiger partial charge in [-0.3, -0.25) is 0 Å². The fourth-order valence-corrected chi connectivity index (χ4v) is 1.46. The molecule has 0 rings (SSSR count). The number of carbonyl (C=O) groups excluding carboxylic acids is 2. The van der Waals surface area contributed by atoms with Gasteiger partial charge in [0, 0.05) is 0 Å². The Morgan fingerprint density at radius 1 is 1.16 bits per heavy atom. The van der Waals surface area contributed by atoms with Gasteiger partial charge in [0.05, 0.1) is 13.3 Å². The van der Waals surface area contributed by atoms with Crippen LogP contribution in [-0.2, 0) is 19.1 Å². The average Bonchev–Trinajstić information content (AvgIpc) is 2.24. The summed E-state index contributed by atoms with van der Waals surface area (Å²) >= 11 is 0. The first-order valence-corrected chi connectivity index (χ1v) is 6.15. The molecule has 0 spiro atoms. The van der Waals surface area contributed by atoms with Crippen molar-refractivity contribution in [2.24, 2.45) is 17.2 Å². The zero-order valence-corrected chi connectivity index (χ0v) is 12.1. The third-order valence-corrected chi connectivity index (χ3v) is 2.42. The van der Waals surface area contributed by atoms with Crippen molar-refractivity contribution in [3.8, 4) is 0 Å². The molecule has 0 fully saturated rings. The van der Waals surface area contributed by atoms with E-state index >= 15 is 0 Å². The van der Waals surface area contributed by atoms with Gasteiger partial charge < -0.3 is 26.7 Å². The van der Waals surface area contributed by atoms with Crippen LogP contribution in [0.25, 0.3) is 0 Å². The van der Waals surface area contributed by atoms with Crippen molar-refractivity contribution in [3.63, 3.8) is 0 Å². The molecule has 7 heteroatoms. The van der Waals surface area contributed by atoms with Crippen LogP contribution in [0.4, 0.5) is 0 Å². The molecule has 1 atom stereocenters. The molecule has 0 heterocycles. The lowest BCUT2D eigenvalue weighted by molar-refractivity contribution is -0.170. The fraction of sp³-hybridized carbons (Fsp3) is 0.833. The molecule has 7 nitrogen and oxygen atoms in total. The van der Waals surface area contributed by atoms with Gasteiger partial charge in [-0.15, -0.1) is 0 Å². The average molecular weight is 275 g/mol. The summed E-state index contributed by atoms with van der Waals surface area (Å²) in [4.78, 5) is 23.8. The predicted octanol–water partition coefficient (Wildman–Crippen LogP) is -0.388. The van der Waals surface area contributed by atoms with Crippen LogP contribution in [-0.4, -0.2) is 36.4 Å². The second-order valence-electron chi connectivity index (χ2n) is 5.52. The number of methoxy groups -OCH3 is 1. The summed E-state index contributed by atoms with van der Waals surface area (Å²) in [6.45, 7) is 5.08. The van der Waals surface area contributed by atoms with Crippen molar-refractivity contribution in [2.75, 3.05) is 7.11 Å². The molecule has 0 aromatic carbocycles. The maximum Gasteiger partial charge on any atom is 0.338 e. The highest BCUT2D eigenvalue weighted by atomic mass is 16.6. The van der Waals surface area contributed by atoms with Gasteiger partial charge in [0.25, 0.3) is 0 Å². The third kappa shape index (κ3) is 6.00. The normalized spacial score (nSPS) is 14.9. The number of hydrogen-bond acceptors (Lipinski definition) is 7. The minimum Gasteiger partial charge on any atom is -0.467 e. The molecular weight excluding hydrogens is 250 g/mol. The second-order valence-corrected chi connectivity index (χ2v) is 5.52. The van der Waals surface area contributed by atoms with Gasteiger partial charge >= 0.3 is 11.9 Å². The molecular formula is C12H25N3O4. The summed E-state index contributed by atoms with van der Waals surface area (Å²) in [6.07, 6.45) is 0.418. The van der Waals surface area contributed by atoms with E-state index in [1.807, 2.05) is 0 Å². The monoisotopic (exact) mass is 275 g/mol. The van der Waals surface area contributed by atoms with Crippen molar-refractivity contribution in [1.29, 1.82) is 0 Å². The number of ether oxygens (including phenoxy) is 2. The van der Waals surface area contributed by atoms with E-state index in [1.54, 1.807) is 20.8 Å². The molecule has 0 unspecified atom stereocenters. The van der Waals surface area contributed by atoms with Gasteiger partial charge in [0.1, 0.15) is 5.60 Å². The van der Waals surface area contributed by atoms with Crippen molar-refractivity contribution in [1.82, 2.24) is 0 Å². The number of carbonyl (C=O) groups is 2. The first-order valence-electron chi connectivity index (χ1n) is 6.15. The summed E-state index contributed by atoms with van der Waals surface area (Å²) in [5, 5.41) is 0. The van der Waals surface area contributed by atoms with E-state index in [0.29, 0.717) is 12.8 Å². The Morgan fingerprint density at radius 3 is 2.05 bits per heavy atom. The lowest BCUT2D eigenvalue weighted by Gasteiger charge is -2.29. The first-order chi connectivity index (χ1) is 8.53. The standard InChI is InChI=1S/C12H25N3O4/c1-11(2,3)19-10(17)12(15,9(16)18-4)7-5-6-8(13)14/h8H,5-7,13-15H2,1-4H3/t12-/m0/s1. The molecule has 0 aromatic heterocycles. The summed E-state index contributed by atoms with van der Waals surface area (Å²) in [7, 11) is 1.17. The Kier molecular flexibility index (Phi) is 6.41. The van der Waals surface area contributed by atoms with E-state index in [4.69, 9.17) is 21.9 Å². The molecule has 0 saturated heterocycles. The number of nitrogens with two attached hydrogens (primary N) is 3. The van der Waals surface area contributed by atoms with Crippen molar-refractivity contribution in [3.05, 3.63) is 0 Å². The largest absolute Gasteiger partial charge is 0.467 e. The van der Waals surface area contributed by atoms with E-state index in [0.717, 1.165) is 0 Å². The highest BCUT2D eigenvalue weighted by Crippen LogP contribution is 2.19. The van der Waals surface area contributed by atoms with Gasteiger partial charge in [0.15, 0.2) is 0 Å². The quantitative estimate of drug-likeness (QED) is 0.342. The first kappa shape index (κ1) is 17.8. The molecule has 0 aliphatic heterocycles. The molecule has 19 heavy (non-hydrogen) atoms. The molecule has 0 aromatic rings. The van der Waals surface area contributed by atoms with Crippen LogP contribution < -0.4 is 17.2 Å². The third-order valence-electron chi connectivity index (χ3n) is 2.42. The topological polar surface area (TPSA) is 131 Å². The van der Waals surface area contributed by atoms with Gasteiger partial charge in [-0.25, -0.2) is 9.59 Å². The Hall–Kier alpha value is -1.18. The maximum atomic E-state index is 12.0. The van der Waals surface area contributed by atoms with E-state index in [1.165, 1.54) is 7.11 Å². The summed E-state index contributed by atoms with van der Waals surface area (Å²) in [5.41, 5.74) is 14.1. The van der Waals surface area contributed by atoms with Crippen LogP contribution in [0.2, 0.25) is 0 Å². The van der Waals surface area contributed by atoms with Crippen LogP contribution in [0.5, 0.6) is 0 Å². The molecule has 0 aliphatic carbocycles. The van der Waals surface area contributed by atoms with Crippen LogP contribution in [0.15, 0.2) is 0 Å². The predicted molar refractivity (Wildman–Crippen MR) is 70.8 cm³/mol. The lowest BCUT2D eigenvalue weighted by Crippen LogP contribution is -2.57.